The molecule has 0 aliphatic carbocycles. The highest BCUT2D eigenvalue weighted by molar-refractivity contribution is 6.05. The maximum atomic E-state index is 12.4. The van der Waals surface area contributed by atoms with Crippen LogP contribution in [-0.2, 0) is 22.5 Å². The van der Waals surface area contributed by atoms with Gasteiger partial charge < -0.3 is 19.9 Å². The third-order valence-electron chi connectivity index (χ3n) is 4.24. The molecule has 0 spiro atoms. The molecule has 1 unspecified atom stereocenters. The second-order valence-electron chi connectivity index (χ2n) is 6.23. The van der Waals surface area contributed by atoms with Crippen LogP contribution in [0.15, 0.2) is 16.9 Å². The zero-order chi connectivity index (χ0) is 18.5. The van der Waals surface area contributed by atoms with E-state index in [1.54, 1.807) is 13.1 Å². The first-order valence-electron chi connectivity index (χ1n) is 8.74. The molecule has 1 aliphatic heterocycles. The van der Waals surface area contributed by atoms with Gasteiger partial charge in [0.05, 0.1) is 23.7 Å². The molecule has 0 bridgehead atoms. The number of hydrogen-bond acceptors (Lipinski definition) is 6. The molecule has 0 saturated carbocycles. The number of nitrogens with one attached hydrogen (secondary N) is 2. The first-order valence-corrected chi connectivity index (χ1v) is 8.74. The van der Waals surface area contributed by atoms with Crippen LogP contribution in [0.4, 0.5) is 5.69 Å². The average molecular weight is 361 g/mol. The van der Waals surface area contributed by atoms with E-state index in [9.17, 15) is 9.59 Å². The van der Waals surface area contributed by atoms with Crippen LogP contribution in [0.2, 0.25) is 0 Å². The number of amides is 2. The van der Waals surface area contributed by atoms with Crippen molar-refractivity contribution in [2.75, 3.05) is 18.5 Å². The number of carbonyl (C=O) groups is 2. The summed E-state index contributed by atoms with van der Waals surface area (Å²) < 4.78 is 12.0. The normalized spacial score (nSPS) is 16.6. The highest BCUT2D eigenvalue weighted by Crippen LogP contribution is 2.16. The van der Waals surface area contributed by atoms with Gasteiger partial charge in [0.15, 0.2) is 0 Å². The van der Waals surface area contributed by atoms with E-state index in [0.29, 0.717) is 35.7 Å². The van der Waals surface area contributed by atoms with E-state index < -0.39 is 0 Å². The van der Waals surface area contributed by atoms with Crippen LogP contribution in [0, 0.1) is 6.92 Å². The number of ether oxygens (including phenoxy) is 1. The van der Waals surface area contributed by atoms with Crippen molar-refractivity contribution in [1.29, 1.82) is 0 Å². The van der Waals surface area contributed by atoms with Gasteiger partial charge in [0.25, 0.3) is 5.91 Å². The zero-order valence-electron chi connectivity index (χ0n) is 14.9. The van der Waals surface area contributed by atoms with Gasteiger partial charge >= 0.3 is 0 Å². The SMILES string of the molecule is CCc1noc(C)c1C(=O)Nc1cnn(CC(=O)NCC2CCCO2)c1. The van der Waals surface area contributed by atoms with Crippen LogP contribution in [0.1, 0.15) is 41.6 Å². The van der Waals surface area contributed by atoms with Gasteiger partial charge in [0, 0.05) is 19.3 Å². The molecule has 3 rings (SSSR count). The quantitative estimate of drug-likeness (QED) is 0.769. The number of aromatic nitrogens is 3. The van der Waals surface area contributed by atoms with E-state index in [0.717, 1.165) is 19.4 Å². The van der Waals surface area contributed by atoms with Gasteiger partial charge in [-0.05, 0) is 26.2 Å². The van der Waals surface area contributed by atoms with Crippen molar-refractivity contribution in [1.82, 2.24) is 20.3 Å². The summed E-state index contributed by atoms with van der Waals surface area (Å²) in [6, 6.07) is 0. The molecule has 0 radical (unpaired) electrons. The Morgan fingerprint density at radius 1 is 1.42 bits per heavy atom. The van der Waals surface area contributed by atoms with Crippen LogP contribution < -0.4 is 10.6 Å². The molecule has 1 aliphatic rings. The second kappa shape index (κ2) is 8.13. The smallest absolute Gasteiger partial charge is 0.261 e. The van der Waals surface area contributed by atoms with Crippen LogP contribution in [-0.4, -0.2) is 46.0 Å². The molecular formula is C17H23N5O4. The summed E-state index contributed by atoms with van der Waals surface area (Å²) in [7, 11) is 0. The number of rotatable bonds is 7. The summed E-state index contributed by atoms with van der Waals surface area (Å²) in [5.74, 6) is 0.0212. The number of hydrogen-bond donors (Lipinski definition) is 2. The minimum atomic E-state index is -0.303. The average Bonchev–Trinajstić information content (AvgIpc) is 3.34. The van der Waals surface area contributed by atoms with E-state index >= 15 is 0 Å². The number of carbonyl (C=O) groups excluding carboxylic acids is 2. The molecule has 2 aromatic heterocycles. The predicted molar refractivity (Wildman–Crippen MR) is 92.8 cm³/mol. The molecule has 9 nitrogen and oxygen atoms in total. The van der Waals surface area contributed by atoms with Crippen molar-refractivity contribution in [3.8, 4) is 0 Å². The Kier molecular flexibility index (Phi) is 5.67. The molecule has 2 amide bonds. The first-order chi connectivity index (χ1) is 12.6. The van der Waals surface area contributed by atoms with Crippen molar-refractivity contribution in [2.45, 2.75) is 45.8 Å². The lowest BCUT2D eigenvalue weighted by Crippen LogP contribution is -2.34. The fraction of sp³-hybridized carbons (Fsp3) is 0.529. The first kappa shape index (κ1) is 18.1. The molecule has 26 heavy (non-hydrogen) atoms. The predicted octanol–water partition coefficient (Wildman–Crippen LogP) is 1.29. The van der Waals surface area contributed by atoms with Gasteiger partial charge in [-0.1, -0.05) is 12.1 Å². The second-order valence-corrected chi connectivity index (χ2v) is 6.23. The number of aryl methyl sites for hydroxylation is 2. The van der Waals surface area contributed by atoms with Gasteiger partial charge in [-0.25, -0.2) is 0 Å². The van der Waals surface area contributed by atoms with Gasteiger partial charge in [-0.2, -0.15) is 5.10 Å². The Balaban J connectivity index is 1.53. The van der Waals surface area contributed by atoms with E-state index in [-0.39, 0.29) is 24.5 Å². The minimum absolute atomic E-state index is 0.0785. The van der Waals surface area contributed by atoms with Gasteiger partial charge in [-0.15, -0.1) is 0 Å². The van der Waals surface area contributed by atoms with Crippen molar-refractivity contribution in [2.24, 2.45) is 0 Å². The van der Waals surface area contributed by atoms with Gasteiger partial charge in [-0.3, -0.25) is 14.3 Å². The molecule has 1 fully saturated rings. The van der Waals surface area contributed by atoms with Crippen molar-refractivity contribution < 1.29 is 18.8 Å². The summed E-state index contributed by atoms with van der Waals surface area (Å²) in [5, 5.41) is 13.6. The fourth-order valence-electron chi connectivity index (χ4n) is 2.89. The number of anilines is 1. The molecule has 140 valence electrons. The van der Waals surface area contributed by atoms with Crippen LogP contribution in [0.5, 0.6) is 0 Å². The summed E-state index contributed by atoms with van der Waals surface area (Å²) in [6.07, 6.45) is 5.82. The lowest BCUT2D eigenvalue weighted by Gasteiger charge is -2.10. The van der Waals surface area contributed by atoms with Crippen LogP contribution in [0.3, 0.4) is 0 Å². The Morgan fingerprint density at radius 3 is 3.00 bits per heavy atom. The maximum absolute atomic E-state index is 12.4. The van der Waals surface area contributed by atoms with E-state index in [2.05, 4.69) is 20.9 Å². The number of nitrogens with zero attached hydrogens (tertiary/aromatic N) is 3. The topological polar surface area (TPSA) is 111 Å². The Labute approximate surface area is 151 Å². The Hall–Kier alpha value is -2.68. The molecule has 2 aromatic rings. The zero-order valence-corrected chi connectivity index (χ0v) is 14.9. The molecule has 0 aromatic carbocycles. The third-order valence-corrected chi connectivity index (χ3v) is 4.24. The van der Waals surface area contributed by atoms with E-state index in [1.807, 2.05) is 6.92 Å². The maximum Gasteiger partial charge on any atom is 0.261 e. The standard InChI is InChI=1S/C17H23N5O4/c1-3-14-16(11(2)26-21-14)17(24)20-12-7-19-22(9-12)10-15(23)18-8-13-5-4-6-25-13/h7,9,13H,3-6,8,10H2,1-2H3,(H,18,23)(H,20,24). The molecule has 1 atom stereocenters. The molecule has 3 heterocycles. The van der Waals surface area contributed by atoms with Gasteiger partial charge in [0.1, 0.15) is 17.9 Å². The highest BCUT2D eigenvalue weighted by atomic mass is 16.5. The highest BCUT2D eigenvalue weighted by Gasteiger charge is 2.20. The monoisotopic (exact) mass is 361 g/mol. The molecule has 2 N–H and O–H groups in total. The molecular weight excluding hydrogens is 338 g/mol. The van der Waals surface area contributed by atoms with Crippen LogP contribution in [0.25, 0.3) is 0 Å². The summed E-state index contributed by atoms with van der Waals surface area (Å²) in [4.78, 5) is 24.4. The van der Waals surface area contributed by atoms with Crippen molar-refractivity contribution in [3.05, 3.63) is 29.4 Å². The fourth-order valence-corrected chi connectivity index (χ4v) is 2.89. The largest absolute Gasteiger partial charge is 0.376 e. The van der Waals surface area contributed by atoms with Crippen molar-refractivity contribution >= 4 is 17.5 Å². The summed E-state index contributed by atoms with van der Waals surface area (Å²) in [6.45, 7) is 4.95. The minimum Gasteiger partial charge on any atom is -0.376 e. The van der Waals surface area contributed by atoms with Crippen LogP contribution >= 0.6 is 0 Å². The van der Waals surface area contributed by atoms with E-state index in [4.69, 9.17) is 9.26 Å². The van der Waals surface area contributed by atoms with Gasteiger partial charge in [0.2, 0.25) is 5.91 Å². The lowest BCUT2D eigenvalue weighted by atomic mass is 10.1. The van der Waals surface area contributed by atoms with E-state index in [1.165, 1.54) is 10.9 Å². The Morgan fingerprint density at radius 2 is 2.27 bits per heavy atom. The van der Waals surface area contributed by atoms with Crippen molar-refractivity contribution in [3.63, 3.8) is 0 Å². The molecule has 9 heteroatoms. The summed E-state index contributed by atoms with van der Waals surface area (Å²) in [5.41, 5.74) is 1.56. The molecule has 1 saturated heterocycles. The lowest BCUT2D eigenvalue weighted by molar-refractivity contribution is -0.122. The summed E-state index contributed by atoms with van der Waals surface area (Å²) >= 11 is 0. The Bertz CT molecular complexity index is 776. The third kappa shape index (κ3) is 4.29.